The van der Waals surface area contributed by atoms with Crippen molar-refractivity contribution in [3.8, 4) is 5.75 Å². The zero-order valence-corrected chi connectivity index (χ0v) is 14.0. The Hall–Kier alpha value is -0.630. The van der Waals surface area contributed by atoms with E-state index in [1.807, 2.05) is 43.3 Å². The molecule has 0 atom stereocenters. The molecule has 0 aliphatic rings. The predicted molar refractivity (Wildman–Crippen MR) is 92.0 cm³/mol. The molecule has 0 amide bonds. The van der Waals surface area contributed by atoms with E-state index >= 15 is 0 Å². The van der Waals surface area contributed by atoms with Crippen LogP contribution in [-0.4, -0.2) is 11.3 Å². The molecule has 0 aliphatic heterocycles. The van der Waals surface area contributed by atoms with Crippen molar-refractivity contribution >= 4 is 57.1 Å². The van der Waals surface area contributed by atoms with Crippen LogP contribution in [0.25, 0.3) is 0 Å². The Morgan fingerprint density at radius 1 is 1.17 bits per heavy atom. The lowest BCUT2D eigenvalue weighted by Crippen LogP contribution is -1.87. The topological polar surface area (TPSA) is 32.6 Å². The second-order valence-electron chi connectivity index (χ2n) is 3.92. The van der Waals surface area contributed by atoms with E-state index in [9.17, 15) is 5.11 Å². The largest absolute Gasteiger partial charge is 0.506 e. The summed E-state index contributed by atoms with van der Waals surface area (Å²) < 4.78 is 1.92. The Balaban J connectivity index is 2.34. The van der Waals surface area contributed by atoms with Gasteiger partial charge in [0.05, 0.1) is 9.26 Å². The number of halogens is 2. The van der Waals surface area contributed by atoms with Gasteiger partial charge in [-0.3, -0.25) is 4.99 Å². The summed E-state index contributed by atoms with van der Waals surface area (Å²) in [7, 11) is 0. The Morgan fingerprint density at radius 2 is 1.94 bits per heavy atom. The van der Waals surface area contributed by atoms with Crippen molar-refractivity contribution in [2.24, 2.45) is 4.99 Å². The number of phenols is 1. The van der Waals surface area contributed by atoms with Crippen molar-refractivity contribution in [1.82, 2.24) is 0 Å². The Morgan fingerprint density at radius 3 is 2.67 bits per heavy atom. The van der Waals surface area contributed by atoms with E-state index in [-0.39, 0.29) is 5.75 Å². The number of rotatable bonds is 2. The van der Waals surface area contributed by atoms with Crippen LogP contribution >= 0.6 is 45.2 Å². The zero-order valence-electron chi connectivity index (χ0n) is 9.69. The summed E-state index contributed by atoms with van der Waals surface area (Å²) in [5.74, 6) is 0.285. The van der Waals surface area contributed by atoms with Crippen LogP contribution in [0.4, 0.5) is 5.69 Å². The van der Waals surface area contributed by atoms with E-state index < -0.39 is 0 Å². The summed E-state index contributed by atoms with van der Waals surface area (Å²) in [5.41, 5.74) is 2.81. The van der Waals surface area contributed by atoms with E-state index in [2.05, 4.69) is 50.2 Å². The highest BCUT2D eigenvalue weighted by atomic mass is 127. The first kappa shape index (κ1) is 13.8. The van der Waals surface area contributed by atoms with E-state index in [4.69, 9.17) is 0 Å². The second-order valence-corrected chi connectivity index (χ2v) is 6.33. The maximum Gasteiger partial charge on any atom is 0.137 e. The number of benzene rings is 2. The number of hydrogen-bond donors (Lipinski definition) is 1. The molecule has 0 saturated heterocycles. The van der Waals surface area contributed by atoms with Gasteiger partial charge >= 0.3 is 0 Å². The van der Waals surface area contributed by atoms with E-state index in [1.54, 1.807) is 6.21 Å². The maximum atomic E-state index is 9.95. The highest BCUT2D eigenvalue weighted by Gasteiger charge is 2.04. The molecule has 0 bridgehead atoms. The van der Waals surface area contributed by atoms with Crippen molar-refractivity contribution in [3.05, 3.63) is 54.7 Å². The lowest BCUT2D eigenvalue weighted by atomic mass is 10.2. The standard InChI is InChI=1S/C14H11I2NO/c1-9-3-2-4-12(5-9)17-8-10-6-11(15)7-13(16)14(10)18/h2-8,18H,1H3. The number of aliphatic imine (C=N–C) groups is 1. The fraction of sp³-hybridized carbons (Fsp3) is 0.0714. The molecule has 0 unspecified atom stereocenters. The first-order chi connectivity index (χ1) is 8.56. The number of aryl methyl sites for hydroxylation is 1. The van der Waals surface area contributed by atoms with Gasteiger partial charge in [0.25, 0.3) is 0 Å². The molecular formula is C14H11I2NO. The van der Waals surface area contributed by atoms with Crippen molar-refractivity contribution in [3.63, 3.8) is 0 Å². The Kier molecular flexibility index (Phi) is 4.60. The summed E-state index contributed by atoms with van der Waals surface area (Å²) >= 11 is 4.35. The summed E-state index contributed by atoms with van der Waals surface area (Å²) in [4.78, 5) is 4.39. The normalized spacial score (nSPS) is 11.1. The third-order valence-electron chi connectivity index (χ3n) is 2.41. The van der Waals surface area contributed by atoms with Gasteiger partial charge in [0.1, 0.15) is 5.75 Å². The summed E-state index contributed by atoms with van der Waals surface area (Å²) in [6, 6.07) is 11.8. The van der Waals surface area contributed by atoms with Crippen LogP contribution in [0.2, 0.25) is 0 Å². The SMILES string of the molecule is Cc1cccc(N=Cc2cc(I)cc(I)c2O)c1. The molecular weight excluding hydrogens is 452 g/mol. The van der Waals surface area contributed by atoms with Gasteiger partial charge in [-0.05, 0) is 81.9 Å². The van der Waals surface area contributed by atoms with Gasteiger partial charge in [-0.1, -0.05) is 12.1 Å². The van der Waals surface area contributed by atoms with E-state index in [0.717, 1.165) is 18.4 Å². The molecule has 2 aromatic rings. The maximum absolute atomic E-state index is 9.95. The quantitative estimate of drug-likeness (QED) is 0.511. The molecule has 0 aromatic heterocycles. The first-order valence-electron chi connectivity index (χ1n) is 5.35. The second kappa shape index (κ2) is 6.01. The monoisotopic (exact) mass is 463 g/mol. The van der Waals surface area contributed by atoms with Crippen LogP contribution in [0.3, 0.4) is 0 Å². The zero-order chi connectivity index (χ0) is 13.1. The number of nitrogens with zero attached hydrogens (tertiary/aromatic N) is 1. The van der Waals surface area contributed by atoms with E-state index in [0.29, 0.717) is 0 Å². The van der Waals surface area contributed by atoms with Crippen molar-refractivity contribution < 1.29 is 5.11 Å². The van der Waals surface area contributed by atoms with Gasteiger partial charge in [0, 0.05) is 15.3 Å². The highest BCUT2D eigenvalue weighted by Crippen LogP contribution is 2.26. The molecule has 4 heteroatoms. The summed E-state index contributed by atoms with van der Waals surface area (Å²) in [6.07, 6.45) is 1.70. The molecule has 2 nitrogen and oxygen atoms in total. The van der Waals surface area contributed by atoms with Crippen LogP contribution in [0.1, 0.15) is 11.1 Å². The fourth-order valence-corrected chi connectivity index (χ4v) is 3.43. The van der Waals surface area contributed by atoms with Crippen LogP contribution in [0.5, 0.6) is 5.75 Å². The number of phenolic OH excluding ortho intramolecular Hbond substituents is 1. The molecule has 0 radical (unpaired) electrons. The van der Waals surface area contributed by atoms with Crippen LogP contribution in [0.15, 0.2) is 41.4 Å². The minimum Gasteiger partial charge on any atom is -0.506 e. The molecule has 2 aromatic carbocycles. The molecule has 2 rings (SSSR count). The van der Waals surface area contributed by atoms with Gasteiger partial charge in [0.15, 0.2) is 0 Å². The third-order valence-corrected chi connectivity index (χ3v) is 3.86. The molecule has 0 saturated carbocycles. The molecule has 0 spiro atoms. The van der Waals surface area contributed by atoms with Crippen molar-refractivity contribution in [2.45, 2.75) is 6.92 Å². The van der Waals surface area contributed by atoms with Gasteiger partial charge in [-0.15, -0.1) is 0 Å². The molecule has 0 fully saturated rings. The Bertz CT molecular complexity index is 609. The lowest BCUT2D eigenvalue weighted by Gasteiger charge is -2.03. The summed E-state index contributed by atoms with van der Waals surface area (Å²) in [6.45, 7) is 2.03. The van der Waals surface area contributed by atoms with Gasteiger partial charge in [0.2, 0.25) is 0 Å². The van der Waals surface area contributed by atoms with Crippen LogP contribution in [0, 0.1) is 14.1 Å². The Labute approximate surface area is 133 Å². The lowest BCUT2D eigenvalue weighted by molar-refractivity contribution is 0.470. The molecule has 18 heavy (non-hydrogen) atoms. The van der Waals surface area contributed by atoms with Gasteiger partial charge < -0.3 is 5.11 Å². The van der Waals surface area contributed by atoms with E-state index in [1.165, 1.54) is 5.56 Å². The fourth-order valence-electron chi connectivity index (χ4n) is 1.54. The van der Waals surface area contributed by atoms with Gasteiger partial charge in [-0.25, -0.2) is 0 Å². The molecule has 0 aliphatic carbocycles. The average Bonchev–Trinajstić information content (AvgIpc) is 2.32. The number of hydrogen-bond acceptors (Lipinski definition) is 2. The van der Waals surface area contributed by atoms with Gasteiger partial charge in [-0.2, -0.15) is 0 Å². The number of aromatic hydroxyl groups is 1. The van der Waals surface area contributed by atoms with Crippen LogP contribution < -0.4 is 0 Å². The van der Waals surface area contributed by atoms with Crippen LogP contribution in [-0.2, 0) is 0 Å². The molecule has 92 valence electrons. The summed E-state index contributed by atoms with van der Waals surface area (Å²) in [5, 5.41) is 9.95. The highest BCUT2D eigenvalue weighted by molar-refractivity contribution is 14.1. The first-order valence-corrected chi connectivity index (χ1v) is 7.51. The molecule has 1 N–H and O–H groups in total. The minimum atomic E-state index is 0.285. The molecule has 0 heterocycles. The van der Waals surface area contributed by atoms with Crippen molar-refractivity contribution in [2.75, 3.05) is 0 Å². The smallest absolute Gasteiger partial charge is 0.137 e. The average molecular weight is 463 g/mol. The predicted octanol–water partition coefficient (Wildman–Crippen LogP) is 4.66. The minimum absolute atomic E-state index is 0.285. The van der Waals surface area contributed by atoms with Crippen molar-refractivity contribution in [1.29, 1.82) is 0 Å². The third kappa shape index (κ3) is 3.44.